The van der Waals surface area contributed by atoms with Crippen molar-refractivity contribution in [3.8, 4) is 17.0 Å². The number of carbonyl (C=O) groups excluding carboxylic acids is 2. The van der Waals surface area contributed by atoms with Crippen LogP contribution in [0.25, 0.3) is 11.3 Å². The van der Waals surface area contributed by atoms with E-state index in [0.717, 1.165) is 54.8 Å². The Balaban J connectivity index is 0.000000188. The number of rotatable bonds is 11. The van der Waals surface area contributed by atoms with Crippen LogP contribution in [0.3, 0.4) is 0 Å². The van der Waals surface area contributed by atoms with E-state index in [0.29, 0.717) is 25.7 Å². The van der Waals surface area contributed by atoms with Crippen molar-refractivity contribution in [3.63, 3.8) is 0 Å². The molecule has 1 aliphatic carbocycles. The number of aldehydes is 2. The van der Waals surface area contributed by atoms with Crippen molar-refractivity contribution < 1.29 is 23.5 Å². The van der Waals surface area contributed by atoms with Gasteiger partial charge in [-0.3, -0.25) is 0 Å². The monoisotopic (exact) mass is 570 g/mol. The molecule has 5 rings (SSSR count). The zero-order chi connectivity index (χ0) is 28.9. The summed E-state index contributed by atoms with van der Waals surface area (Å²) in [4.78, 5) is 28.1. The molecule has 8 nitrogen and oxygen atoms in total. The lowest BCUT2D eigenvalue weighted by molar-refractivity contribution is -0.109. The van der Waals surface area contributed by atoms with E-state index in [4.69, 9.17) is 15.2 Å². The van der Waals surface area contributed by atoms with Crippen molar-refractivity contribution in [2.45, 2.75) is 32.6 Å². The molecule has 0 unspecified atom stereocenters. The SMILES string of the molecule is CNc1nc(-c2ccc3c(c2)CCN3C)c(C)s1.NCCOCCOc1cc(CC=O)ccc1F.O=CC1CC1. The number of aromatic nitrogens is 1. The third-order valence-electron chi connectivity index (χ3n) is 6.37. The van der Waals surface area contributed by atoms with Crippen molar-refractivity contribution in [2.75, 3.05) is 57.2 Å². The Kier molecular flexibility index (Phi) is 12.5. The number of carbonyl (C=O) groups is 2. The Hall–Kier alpha value is -3.34. The summed E-state index contributed by atoms with van der Waals surface area (Å²) in [5.41, 5.74) is 11.1. The highest BCUT2D eigenvalue weighted by molar-refractivity contribution is 7.15. The summed E-state index contributed by atoms with van der Waals surface area (Å²) < 4.78 is 23.6. The Labute approximate surface area is 239 Å². The van der Waals surface area contributed by atoms with Gasteiger partial charge in [0, 0.05) is 55.7 Å². The molecule has 2 heterocycles. The summed E-state index contributed by atoms with van der Waals surface area (Å²) in [6, 6.07) is 11.1. The Morgan fingerprint density at radius 3 is 2.60 bits per heavy atom. The molecular weight excluding hydrogens is 531 g/mol. The van der Waals surface area contributed by atoms with Crippen LogP contribution in [0, 0.1) is 18.7 Å². The second kappa shape index (κ2) is 16.1. The number of aryl methyl sites for hydroxylation is 1. The Bertz CT molecular complexity index is 1250. The molecule has 0 bridgehead atoms. The van der Waals surface area contributed by atoms with Crippen LogP contribution in [-0.4, -0.2) is 64.6 Å². The number of nitrogens with two attached hydrogens (primary N) is 1. The number of nitrogens with zero attached hydrogens (tertiary/aromatic N) is 2. The fourth-order valence-electron chi connectivity index (χ4n) is 4.00. The summed E-state index contributed by atoms with van der Waals surface area (Å²) in [5, 5.41) is 4.10. The maximum absolute atomic E-state index is 13.3. The van der Waals surface area contributed by atoms with Gasteiger partial charge in [-0.25, -0.2) is 9.37 Å². The number of nitrogens with one attached hydrogen (secondary N) is 1. The van der Waals surface area contributed by atoms with Crippen molar-refractivity contribution in [1.29, 1.82) is 0 Å². The Morgan fingerprint density at radius 2 is 1.98 bits per heavy atom. The first kappa shape index (κ1) is 31.2. The molecule has 1 aromatic heterocycles. The van der Waals surface area contributed by atoms with Crippen LogP contribution in [0.4, 0.5) is 15.2 Å². The number of anilines is 2. The quantitative estimate of drug-likeness (QED) is 0.253. The van der Waals surface area contributed by atoms with Crippen molar-refractivity contribution in [2.24, 2.45) is 11.7 Å². The molecule has 0 spiro atoms. The number of thiazole rings is 1. The molecule has 0 amide bonds. The first-order valence-electron chi connectivity index (χ1n) is 13.5. The van der Waals surface area contributed by atoms with Crippen LogP contribution in [0.1, 0.15) is 28.8 Å². The van der Waals surface area contributed by atoms with Gasteiger partial charge in [-0.1, -0.05) is 12.1 Å². The molecule has 1 aliphatic heterocycles. The fraction of sp³-hybridized carbons (Fsp3) is 0.433. The number of hydrogen-bond donors (Lipinski definition) is 2. The predicted molar refractivity (Wildman–Crippen MR) is 159 cm³/mol. The van der Waals surface area contributed by atoms with Crippen LogP contribution in [0.2, 0.25) is 0 Å². The molecule has 2 aromatic carbocycles. The van der Waals surface area contributed by atoms with E-state index >= 15 is 0 Å². The van der Waals surface area contributed by atoms with Crippen LogP contribution in [-0.2, 0) is 27.2 Å². The standard InChI is InChI=1S/C14H17N3S.C12H16FNO3.C4H6O/c1-9-13(16-14(15-2)18-9)11-4-5-12-10(8-11)6-7-17(12)3;13-11-2-1-10(3-5-15)9-12(11)17-8-7-16-6-4-14;5-3-4-1-2-4/h4-5,8H,6-7H2,1-3H3,(H,15,16);1-2,5,9H,3-4,6-8,14H2;3-4H,1-2H2. The lowest BCUT2D eigenvalue weighted by Crippen LogP contribution is -2.13. The van der Waals surface area contributed by atoms with E-state index in [1.165, 1.54) is 33.8 Å². The molecule has 1 saturated carbocycles. The van der Waals surface area contributed by atoms with Crippen LogP contribution >= 0.6 is 11.3 Å². The number of hydrogen-bond acceptors (Lipinski definition) is 9. The molecular formula is C30H39FN4O4S. The lowest BCUT2D eigenvalue weighted by atomic mass is 10.1. The second-order valence-corrected chi connectivity index (χ2v) is 10.8. The van der Waals surface area contributed by atoms with E-state index in [1.54, 1.807) is 17.4 Å². The maximum atomic E-state index is 13.3. The van der Waals surface area contributed by atoms with Gasteiger partial charge in [-0.05, 0) is 61.6 Å². The zero-order valence-electron chi connectivity index (χ0n) is 23.5. The molecule has 3 N–H and O–H groups in total. The van der Waals surface area contributed by atoms with Crippen LogP contribution in [0.5, 0.6) is 5.75 Å². The smallest absolute Gasteiger partial charge is 0.183 e. The molecule has 10 heteroatoms. The minimum absolute atomic E-state index is 0.140. The average Bonchev–Trinajstić information content (AvgIpc) is 3.64. The number of fused-ring (bicyclic) bond motifs is 1. The summed E-state index contributed by atoms with van der Waals surface area (Å²) in [6.45, 7) is 4.76. The average molecular weight is 571 g/mol. The second-order valence-electron chi connectivity index (χ2n) is 9.55. The highest BCUT2D eigenvalue weighted by Gasteiger charge is 2.19. The minimum atomic E-state index is -0.446. The molecule has 0 atom stereocenters. The number of halogens is 1. The van der Waals surface area contributed by atoms with Crippen LogP contribution in [0.15, 0.2) is 36.4 Å². The van der Waals surface area contributed by atoms with Gasteiger partial charge in [0.15, 0.2) is 16.7 Å². The number of likely N-dealkylation sites (N-methyl/N-ethyl adjacent to an activating group) is 1. The summed E-state index contributed by atoms with van der Waals surface area (Å²) in [7, 11) is 4.07. The van der Waals surface area contributed by atoms with E-state index < -0.39 is 5.82 Å². The molecule has 3 aromatic rings. The van der Waals surface area contributed by atoms with Gasteiger partial charge in [0.05, 0.1) is 18.9 Å². The van der Waals surface area contributed by atoms with Gasteiger partial charge in [0.2, 0.25) is 0 Å². The van der Waals surface area contributed by atoms with Crippen molar-refractivity contribution in [1.82, 2.24) is 4.98 Å². The van der Waals surface area contributed by atoms with Gasteiger partial charge < -0.3 is 35.0 Å². The van der Waals surface area contributed by atoms with E-state index in [2.05, 4.69) is 47.4 Å². The van der Waals surface area contributed by atoms with Crippen LogP contribution < -0.4 is 20.7 Å². The van der Waals surface area contributed by atoms with Gasteiger partial charge in [-0.2, -0.15) is 0 Å². The summed E-state index contributed by atoms with van der Waals surface area (Å²) in [6.07, 6.45) is 5.47. The molecule has 40 heavy (non-hydrogen) atoms. The van der Waals surface area contributed by atoms with E-state index in [-0.39, 0.29) is 18.8 Å². The fourth-order valence-corrected chi connectivity index (χ4v) is 4.78. The van der Waals surface area contributed by atoms with Gasteiger partial charge in [0.1, 0.15) is 19.2 Å². The summed E-state index contributed by atoms with van der Waals surface area (Å²) >= 11 is 1.71. The van der Waals surface area contributed by atoms with Gasteiger partial charge in [0.25, 0.3) is 0 Å². The molecule has 216 valence electrons. The van der Waals surface area contributed by atoms with Gasteiger partial charge >= 0.3 is 0 Å². The first-order valence-corrected chi connectivity index (χ1v) is 14.3. The number of ether oxygens (including phenoxy) is 2. The predicted octanol–water partition coefficient (Wildman–Crippen LogP) is 4.67. The minimum Gasteiger partial charge on any atom is -0.488 e. The van der Waals surface area contributed by atoms with E-state index in [9.17, 15) is 14.0 Å². The van der Waals surface area contributed by atoms with E-state index in [1.807, 2.05) is 7.05 Å². The third kappa shape index (κ3) is 9.39. The molecule has 0 saturated heterocycles. The lowest BCUT2D eigenvalue weighted by Gasteiger charge is -2.11. The van der Waals surface area contributed by atoms with Crippen molar-refractivity contribution in [3.05, 3.63) is 58.2 Å². The highest BCUT2D eigenvalue weighted by Crippen LogP contribution is 2.35. The van der Waals surface area contributed by atoms with Gasteiger partial charge in [-0.15, -0.1) is 11.3 Å². The first-order chi connectivity index (χ1) is 19.4. The highest BCUT2D eigenvalue weighted by atomic mass is 32.1. The number of benzene rings is 2. The van der Waals surface area contributed by atoms with Crippen molar-refractivity contribution >= 4 is 34.7 Å². The topological polar surface area (TPSA) is 107 Å². The largest absolute Gasteiger partial charge is 0.488 e. The molecule has 0 radical (unpaired) electrons. The zero-order valence-corrected chi connectivity index (χ0v) is 24.3. The molecule has 2 aliphatic rings. The third-order valence-corrected chi connectivity index (χ3v) is 7.36. The normalized spacial score (nSPS) is 13.4. The summed E-state index contributed by atoms with van der Waals surface area (Å²) in [5.74, 6) is 0.147. The molecule has 1 fully saturated rings. The Morgan fingerprint density at radius 1 is 1.18 bits per heavy atom. The maximum Gasteiger partial charge on any atom is 0.183 e.